The van der Waals surface area contributed by atoms with E-state index in [1.165, 1.54) is 107 Å². The molecule has 272 valence electrons. The molecule has 0 aromatic heterocycles. The van der Waals surface area contributed by atoms with Crippen LogP contribution in [0.1, 0.15) is 84.2 Å². The van der Waals surface area contributed by atoms with Crippen LogP contribution in [-0.2, 0) is 23.7 Å². The van der Waals surface area contributed by atoms with E-state index in [9.17, 15) is 0 Å². The molecule has 0 atom stereocenters. The Labute approximate surface area is 331 Å². The summed E-state index contributed by atoms with van der Waals surface area (Å²) in [4.78, 5) is 4.99. The van der Waals surface area contributed by atoms with Crippen molar-refractivity contribution in [3.63, 3.8) is 0 Å². The zero-order valence-corrected chi connectivity index (χ0v) is 32.7. The van der Waals surface area contributed by atoms with Crippen molar-refractivity contribution in [3.05, 3.63) is 196 Å². The first-order valence-electron chi connectivity index (χ1n) is 20.3. The maximum absolute atomic E-state index is 2.52. The molecule has 2 aliphatic heterocycles. The van der Waals surface area contributed by atoms with Gasteiger partial charge in [-0.1, -0.05) is 143 Å². The topological polar surface area (TPSA) is 6.48 Å². The number of fused-ring (bicyclic) bond motifs is 9. The number of para-hydroxylation sites is 3. The Morgan fingerprint density at radius 2 is 0.893 bits per heavy atom. The van der Waals surface area contributed by atoms with Crippen LogP contribution in [0.5, 0.6) is 0 Å². The van der Waals surface area contributed by atoms with Gasteiger partial charge in [0.25, 0.3) is 0 Å². The van der Waals surface area contributed by atoms with Crippen molar-refractivity contribution >= 4 is 40.6 Å². The van der Waals surface area contributed by atoms with Crippen molar-refractivity contribution in [1.29, 1.82) is 0 Å². The van der Waals surface area contributed by atoms with E-state index in [4.69, 9.17) is 0 Å². The molecule has 0 bridgehead atoms. The summed E-state index contributed by atoms with van der Waals surface area (Å²) >= 11 is 0. The molecule has 2 heterocycles. The second-order valence-corrected chi connectivity index (χ2v) is 17.3. The zero-order valence-electron chi connectivity index (χ0n) is 32.7. The molecule has 0 radical (unpaired) electrons. The van der Waals surface area contributed by atoms with Crippen LogP contribution in [0.4, 0.5) is 28.4 Å². The van der Waals surface area contributed by atoms with Gasteiger partial charge in [-0.25, -0.2) is 0 Å². The maximum atomic E-state index is 2.52. The van der Waals surface area contributed by atoms with Crippen LogP contribution in [0.3, 0.4) is 0 Å². The summed E-state index contributed by atoms with van der Waals surface area (Å²) < 4.78 is 0. The Morgan fingerprint density at radius 1 is 0.446 bits per heavy atom. The third kappa shape index (κ3) is 4.94. The number of hydrogen-bond donors (Lipinski definition) is 0. The summed E-state index contributed by atoms with van der Waals surface area (Å²) in [7, 11) is 0. The first kappa shape index (κ1) is 33.2. The monoisotopic (exact) mass is 722 g/mol. The highest BCUT2D eigenvalue weighted by molar-refractivity contribution is 5.90. The van der Waals surface area contributed by atoms with Gasteiger partial charge in [0.2, 0.25) is 0 Å². The van der Waals surface area contributed by atoms with Crippen LogP contribution >= 0.6 is 0 Å². The molecule has 0 unspecified atom stereocenters. The zero-order chi connectivity index (χ0) is 37.8. The standard InChI is InChI=1S/C54H46N2/c1-53(2)46-30-35(21-25-42(46)44-27-23-40(33-48(44)53)55-29-11-15-37-12-5-8-16-50(37)55)19-20-36-22-26-43-45-28-24-41(34-49(45)54(3,4)47(43)31-36)56-51-17-9-6-13-38(51)32-39-14-7-10-18-52(39)56/h5-10,12-14,16-28,30-31,33-34H,11,15,29,32H2,1-4H3. The molecule has 56 heavy (non-hydrogen) atoms. The summed E-state index contributed by atoms with van der Waals surface area (Å²) in [6.07, 6.45) is 7.91. The number of nitrogens with zero attached hydrogens (tertiary/aromatic N) is 2. The van der Waals surface area contributed by atoms with Gasteiger partial charge in [-0.2, -0.15) is 0 Å². The van der Waals surface area contributed by atoms with E-state index in [1.54, 1.807) is 0 Å². The van der Waals surface area contributed by atoms with Crippen molar-refractivity contribution in [2.24, 2.45) is 0 Å². The van der Waals surface area contributed by atoms with E-state index in [0.29, 0.717) is 0 Å². The molecule has 2 aliphatic carbocycles. The second kappa shape index (κ2) is 12.2. The molecule has 0 saturated heterocycles. The van der Waals surface area contributed by atoms with E-state index in [2.05, 4.69) is 195 Å². The molecular weight excluding hydrogens is 677 g/mol. The van der Waals surface area contributed by atoms with Gasteiger partial charge in [-0.05, 0) is 128 Å². The fourth-order valence-electron chi connectivity index (χ4n) is 10.4. The van der Waals surface area contributed by atoms with Gasteiger partial charge in [0, 0.05) is 52.2 Å². The smallest absolute Gasteiger partial charge is 0.0497 e. The van der Waals surface area contributed by atoms with E-state index < -0.39 is 0 Å². The van der Waals surface area contributed by atoms with Crippen LogP contribution in [-0.4, -0.2) is 6.54 Å². The van der Waals surface area contributed by atoms with Crippen LogP contribution in [0, 0.1) is 0 Å². The summed E-state index contributed by atoms with van der Waals surface area (Å²) in [6.45, 7) is 10.6. The molecule has 2 heteroatoms. The largest absolute Gasteiger partial charge is 0.341 e. The predicted molar refractivity (Wildman–Crippen MR) is 236 cm³/mol. The molecule has 2 nitrogen and oxygen atoms in total. The first-order valence-corrected chi connectivity index (χ1v) is 20.3. The molecule has 11 rings (SSSR count). The van der Waals surface area contributed by atoms with Crippen molar-refractivity contribution in [1.82, 2.24) is 0 Å². The molecular formula is C54H46N2. The first-order chi connectivity index (χ1) is 27.3. The van der Waals surface area contributed by atoms with Gasteiger partial charge in [0.1, 0.15) is 0 Å². The molecule has 0 N–H and O–H groups in total. The Hall–Kier alpha value is -6.12. The van der Waals surface area contributed by atoms with E-state index >= 15 is 0 Å². The van der Waals surface area contributed by atoms with Gasteiger partial charge in [0.15, 0.2) is 0 Å². The summed E-state index contributed by atoms with van der Waals surface area (Å²) in [5.41, 5.74) is 23.9. The Morgan fingerprint density at radius 3 is 1.46 bits per heavy atom. The van der Waals surface area contributed by atoms with E-state index in [-0.39, 0.29) is 10.8 Å². The number of hydrogen-bond acceptors (Lipinski definition) is 2. The third-order valence-corrected chi connectivity index (χ3v) is 13.4. The van der Waals surface area contributed by atoms with Gasteiger partial charge >= 0.3 is 0 Å². The van der Waals surface area contributed by atoms with Crippen LogP contribution in [0.15, 0.2) is 146 Å². The van der Waals surface area contributed by atoms with Gasteiger partial charge < -0.3 is 9.80 Å². The van der Waals surface area contributed by atoms with Gasteiger partial charge in [0.05, 0.1) is 0 Å². The second-order valence-electron chi connectivity index (χ2n) is 17.3. The summed E-state index contributed by atoms with van der Waals surface area (Å²) in [6, 6.07) is 55.0. The summed E-state index contributed by atoms with van der Waals surface area (Å²) in [5.74, 6) is 0. The predicted octanol–water partition coefficient (Wildman–Crippen LogP) is 13.9. The van der Waals surface area contributed by atoms with E-state index in [0.717, 1.165) is 19.4 Å². The number of rotatable bonds is 4. The Balaban J connectivity index is 0.886. The van der Waals surface area contributed by atoms with E-state index in [1.807, 2.05) is 0 Å². The average molecular weight is 723 g/mol. The highest BCUT2D eigenvalue weighted by atomic mass is 15.2. The van der Waals surface area contributed by atoms with Crippen molar-refractivity contribution in [2.45, 2.75) is 57.8 Å². The van der Waals surface area contributed by atoms with Crippen LogP contribution in [0.25, 0.3) is 34.4 Å². The minimum absolute atomic E-state index is 0.0829. The molecule has 4 aliphatic rings. The average Bonchev–Trinajstić information content (AvgIpc) is 3.59. The normalized spacial score (nSPS) is 16.4. The fourth-order valence-corrected chi connectivity index (χ4v) is 10.4. The minimum atomic E-state index is -0.127. The lowest BCUT2D eigenvalue weighted by molar-refractivity contribution is 0.659. The molecule has 7 aromatic carbocycles. The molecule has 0 fully saturated rings. The van der Waals surface area contributed by atoms with Crippen LogP contribution < -0.4 is 9.80 Å². The molecule has 7 aromatic rings. The maximum Gasteiger partial charge on any atom is 0.0497 e. The minimum Gasteiger partial charge on any atom is -0.341 e. The SMILES string of the molecule is CC1(C)c2cc(C=Cc3ccc4c(c3)C(C)(C)c3cc(N5c6ccccc6Cc6ccccc65)ccc3-4)ccc2-c2ccc(N3CCCc4ccccc43)cc21. The number of anilines is 5. The van der Waals surface area contributed by atoms with Gasteiger partial charge in [-0.15, -0.1) is 0 Å². The summed E-state index contributed by atoms with van der Waals surface area (Å²) in [5, 5.41) is 0. The molecule has 0 amide bonds. The van der Waals surface area contributed by atoms with Crippen molar-refractivity contribution in [3.8, 4) is 22.3 Å². The number of aryl methyl sites for hydroxylation is 1. The van der Waals surface area contributed by atoms with Gasteiger partial charge in [-0.3, -0.25) is 0 Å². The molecule has 0 saturated carbocycles. The van der Waals surface area contributed by atoms with Crippen molar-refractivity contribution in [2.75, 3.05) is 16.3 Å². The lowest BCUT2D eigenvalue weighted by Gasteiger charge is -2.34. The highest BCUT2D eigenvalue weighted by Crippen LogP contribution is 2.53. The number of benzene rings is 7. The fraction of sp³-hybridized carbons (Fsp3) is 0.185. The van der Waals surface area contributed by atoms with Crippen LogP contribution in [0.2, 0.25) is 0 Å². The lowest BCUT2D eigenvalue weighted by atomic mass is 9.81. The Kier molecular flexibility index (Phi) is 7.23. The molecule has 0 spiro atoms. The highest BCUT2D eigenvalue weighted by Gasteiger charge is 2.38. The quantitative estimate of drug-likeness (QED) is 0.167. The Bertz CT molecular complexity index is 2730. The third-order valence-electron chi connectivity index (χ3n) is 13.4. The van der Waals surface area contributed by atoms with Crippen molar-refractivity contribution < 1.29 is 0 Å². The lowest BCUT2D eigenvalue weighted by Crippen LogP contribution is -2.25.